The van der Waals surface area contributed by atoms with Crippen LogP contribution in [-0.2, 0) is 9.47 Å². The smallest absolute Gasteiger partial charge is 0.229 e. The van der Waals surface area contributed by atoms with E-state index in [4.69, 9.17) is 20.2 Å². The molecule has 0 saturated carbocycles. The van der Waals surface area contributed by atoms with Gasteiger partial charge < -0.3 is 30.1 Å². The summed E-state index contributed by atoms with van der Waals surface area (Å²) in [6, 6.07) is 1.83. The minimum atomic E-state index is -0.146. The van der Waals surface area contributed by atoms with E-state index in [2.05, 4.69) is 14.8 Å². The number of piperidine rings is 1. The predicted octanol–water partition coefficient (Wildman–Crippen LogP) is 0.511. The standard InChI is InChI=1S/C17H29N5O3/c1-24-8-4-17(13-23)3-2-5-22(12-17)15-11-14(18)19-16(20-15)21-6-9-25-10-7-21/h11,23H,2-10,12-13H2,1H3,(H2,18,19,20). The van der Waals surface area contributed by atoms with Crippen LogP contribution in [0.3, 0.4) is 0 Å². The second-order valence-corrected chi connectivity index (χ2v) is 6.98. The van der Waals surface area contributed by atoms with Crippen LogP contribution >= 0.6 is 0 Å². The zero-order valence-electron chi connectivity index (χ0n) is 15.0. The quantitative estimate of drug-likeness (QED) is 0.765. The van der Waals surface area contributed by atoms with Crippen LogP contribution in [-0.4, -0.2) is 74.8 Å². The molecule has 25 heavy (non-hydrogen) atoms. The lowest BCUT2D eigenvalue weighted by molar-refractivity contribution is 0.0624. The van der Waals surface area contributed by atoms with Crippen molar-refractivity contribution in [1.82, 2.24) is 9.97 Å². The highest BCUT2D eigenvalue weighted by Crippen LogP contribution is 2.35. The van der Waals surface area contributed by atoms with Gasteiger partial charge in [-0.2, -0.15) is 9.97 Å². The Balaban J connectivity index is 1.79. The number of methoxy groups -OCH3 is 1. The topological polar surface area (TPSA) is 97.0 Å². The van der Waals surface area contributed by atoms with Gasteiger partial charge >= 0.3 is 0 Å². The van der Waals surface area contributed by atoms with Crippen LogP contribution < -0.4 is 15.5 Å². The second kappa shape index (κ2) is 8.16. The van der Waals surface area contributed by atoms with Gasteiger partial charge in [0, 0.05) is 51.4 Å². The molecule has 1 atom stereocenters. The van der Waals surface area contributed by atoms with Crippen LogP contribution in [0.1, 0.15) is 19.3 Å². The molecule has 1 aromatic rings. The molecule has 2 aliphatic heterocycles. The summed E-state index contributed by atoms with van der Waals surface area (Å²) >= 11 is 0. The summed E-state index contributed by atoms with van der Waals surface area (Å²) in [6.45, 7) is 5.39. The van der Waals surface area contributed by atoms with Gasteiger partial charge in [-0.05, 0) is 19.3 Å². The normalized spacial score (nSPS) is 24.6. The molecule has 140 valence electrons. The molecule has 2 saturated heterocycles. The van der Waals surface area contributed by atoms with Crippen molar-refractivity contribution in [2.75, 3.05) is 75.2 Å². The molecule has 0 bridgehead atoms. The van der Waals surface area contributed by atoms with Gasteiger partial charge in [0.15, 0.2) is 0 Å². The molecule has 8 nitrogen and oxygen atoms in total. The molecule has 0 radical (unpaired) electrons. The molecular weight excluding hydrogens is 322 g/mol. The minimum absolute atomic E-state index is 0.146. The Morgan fingerprint density at radius 2 is 2.08 bits per heavy atom. The molecular formula is C17H29N5O3. The van der Waals surface area contributed by atoms with Crippen molar-refractivity contribution in [2.45, 2.75) is 19.3 Å². The summed E-state index contributed by atoms with van der Waals surface area (Å²) in [5.74, 6) is 1.97. The number of nitrogens with two attached hydrogens (primary N) is 1. The summed E-state index contributed by atoms with van der Waals surface area (Å²) in [4.78, 5) is 13.5. The second-order valence-electron chi connectivity index (χ2n) is 6.98. The lowest BCUT2D eigenvalue weighted by atomic mass is 9.78. The molecule has 1 unspecified atom stereocenters. The van der Waals surface area contributed by atoms with Crippen LogP contribution in [0.25, 0.3) is 0 Å². The van der Waals surface area contributed by atoms with Gasteiger partial charge in [0.25, 0.3) is 0 Å². The maximum Gasteiger partial charge on any atom is 0.229 e. The highest BCUT2D eigenvalue weighted by atomic mass is 16.5. The predicted molar refractivity (Wildman–Crippen MR) is 96.9 cm³/mol. The van der Waals surface area contributed by atoms with Crippen molar-refractivity contribution >= 4 is 17.6 Å². The van der Waals surface area contributed by atoms with Crippen molar-refractivity contribution in [3.63, 3.8) is 0 Å². The minimum Gasteiger partial charge on any atom is -0.396 e. The summed E-state index contributed by atoms with van der Waals surface area (Å²) < 4.78 is 10.6. The van der Waals surface area contributed by atoms with Crippen molar-refractivity contribution in [1.29, 1.82) is 0 Å². The van der Waals surface area contributed by atoms with Crippen LogP contribution in [0.5, 0.6) is 0 Å². The van der Waals surface area contributed by atoms with Gasteiger partial charge in [0.1, 0.15) is 11.6 Å². The highest BCUT2D eigenvalue weighted by Gasteiger charge is 2.35. The van der Waals surface area contributed by atoms with Gasteiger partial charge in [0.2, 0.25) is 5.95 Å². The Morgan fingerprint density at radius 3 is 2.80 bits per heavy atom. The maximum atomic E-state index is 9.98. The van der Waals surface area contributed by atoms with Gasteiger partial charge in [-0.25, -0.2) is 0 Å². The average molecular weight is 351 g/mol. The van der Waals surface area contributed by atoms with Gasteiger partial charge in [-0.3, -0.25) is 0 Å². The van der Waals surface area contributed by atoms with E-state index in [1.54, 1.807) is 7.11 Å². The molecule has 0 amide bonds. The number of ether oxygens (including phenoxy) is 2. The van der Waals surface area contributed by atoms with Crippen LogP contribution in [0.2, 0.25) is 0 Å². The van der Waals surface area contributed by atoms with Crippen LogP contribution in [0.4, 0.5) is 17.6 Å². The Bertz CT molecular complexity index is 567. The third kappa shape index (κ3) is 4.31. The number of hydrogen-bond donors (Lipinski definition) is 2. The van der Waals surface area contributed by atoms with Gasteiger partial charge in [0.05, 0.1) is 19.8 Å². The first-order valence-electron chi connectivity index (χ1n) is 8.98. The molecule has 1 aromatic heterocycles. The fraction of sp³-hybridized carbons (Fsp3) is 0.765. The van der Waals surface area contributed by atoms with E-state index in [0.29, 0.717) is 31.6 Å². The van der Waals surface area contributed by atoms with Crippen molar-refractivity contribution in [3.8, 4) is 0 Å². The molecule has 3 N–H and O–H groups in total. The SMILES string of the molecule is COCCC1(CO)CCCN(c2cc(N)nc(N3CCOCC3)n2)C1. The Labute approximate surface area is 148 Å². The average Bonchev–Trinajstić information content (AvgIpc) is 2.67. The van der Waals surface area contributed by atoms with E-state index in [9.17, 15) is 5.11 Å². The van der Waals surface area contributed by atoms with Gasteiger partial charge in [-0.1, -0.05) is 0 Å². The fourth-order valence-corrected chi connectivity index (χ4v) is 3.64. The molecule has 2 aliphatic rings. The molecule has 8 heteroatoms. The summed E-state index contributed by atoms with van der Waals surface area (Å²) in [5.41, 5.74) is 5.90. The Hall–Kier alpha value is -1.64. The number of anilines is 3. The number of aliphatic hydroxyl groups excluding tert-OH is 1. The van der Waals surface area contributed by atoms with E-state index < -0.39 is 0 Å². The first kappa shape index (κ1) is 18.2. The number of nitrogen functional groups attached to an aromatic ring is 1. The number of morpholine rings is 1. The van der Waals surface area contributed by atoms with Gasteiger partial charge in [-0.15, -0.1) is 0 Å². The molecule has 2 fully saturated rings. The third-order valence-corrected chi connectivity index (χ3v) is 5.17. The third-order valence-electron chi connectivity index (χ3n) is 5.17. The summed E-state index contributed by atoms with van der Waals surface area (Å²) in [5, 5.41) is 9.98. The molecule has 0 spiro atoms. The van der Waals surface area contributed by atoms with Crippen LogP contribution in [0.15, 0.2) is 6.07 Å². The molecule has 3 rings (SSSR count). The number of nitrogens with zero attached hydrogens (tertiary/aromatic N) is 4. The first-order chi connectivity index (χ1) is 12.2. The zero-order valence-corrected chi connectivity index (χ0v) is 15.0. The molecule has 0 aromatic carbocycles. The first-order valence-corrected chi connectivity index (χ1v) is 8.98. The monoisotopic (exact) mass is 351 g/mol. The largest absolute Gasteiger partial charge is 0.396 e. The summed E-state index contributed by atoms with van der Waals surface area (Å²) in [6.07, 6.45) is 2.86. The fourth-order valence-electron chi connectivity index (χ4n) is 3.64. The Kier molecular flexibility index (Phi) is 5.93. The summed E-state index contributed by atoms with van der Waals surface area (Å²) in [7, 11) is 1.70. The lowest BCUT2D eigenvalue weighted by Gasteiger charge is -2.42. The van der Waals surface area contributed by atoms with E-state index in [0.717, 1.165) is 51.3 Å². The number of hydrogen-bond acceptors (Lipinski definition) is 8. The molecule has 0 aliphatic carbocycles. The van der Waals surface area contributed by atoms with Crippen LogP contribution in [0, 0.1) is 5.41 Å². The van der Waals surface area contributed by atoms with Crippen molar-refractivity contribution < 1.29 is 14.6 Å². The molecule has 3 heterocycles. The maximum absolute atomic E-state index is 9.98. The van der Waals surface area contributed by atoms with E-state index >= 15 is 0 Å². The van der Waals surface area contributed by atoms with E-state index in [1.807, 2.05) is 6.07 Å². The number of rotatable bonds is 6. The Morgan fingerprint density at radius 1 is 1.28 bits per heavy atom. The number of aromatic nitrogens is 2. The lowest BCUT2D eigenvalue weighted by Crippen LogP contribution is -2.46. The van der Waals surface area contributed by atoms with E-state index in [1.165, 1.54) is 0 Å². The van der Waals surface area contributed by atoms with Crippen molar-refractivity contribution in [3.05, 3.63) is 6.07 Å². The number of aliphatic hydroxyl groups is 1. The van der Waals surface area contributed by atoms with E-state index in [-0.39, 0.29) is 12.0 Å². The highest BCUT2D eigenvalue weighted by molar-refractivity contribution is 5.53. The zero-order chi connectivity index (χ0) is 17.7. The van der Waals surface area contributed by atoms with Crippen molar-refractivity contribution in [2.24, 2.45) is 5.41 Å².